The van der Waals surface area contributed by atoms with Crippen molar-refractivity contribution in [3.8, 4) is 0 Å². The minimum atomic E-state index is -0.292. The molecule has 1 amide bonds. The van der Waals surface area contributed by atoms with Crippen LogP contribution in [-0.4, -0.2) is 42.4 Å². The molecule has 4 heteroatoms. The van der Waals surface area contributed by atoms with Crippen LogP contribution in [-0.2, 0) is 4.74 Å². The van der Waals surface area contributed by atoms with E-state index in [1.807, 2.05) is 5.01 Å². The van der Waals surface area contributed by atoms with Gasteiger partial charge < -0.3 is 4.74 Å². The second-order valence-corrected chi connectivity index (χ2v) is 2.28. The van der Waals surface area contributed by atoms with Crippen molar-refractivity contribution in [2.24, 2.45) is 0 Å². The summed E-state index contributed by atoms with van der Waals surface area (Å²) >= 11 is 0. The molecule has 1 fully saturated rings. The van der Waals surface area contributed by atoms with E-state index in [2.05, 4.69) is 6.92 Å². The van der Waals surface area contributed by atoms with Crippen LogP contribution in [0.4, 0.5) is 4.79 Å². The second-order valence-electron chi connectivity index (χ2n) is 2.28. The van der Waals surface area contributed by atoms with Gasteiger partial charge in [-0.3, -0.25) is 0 Å². The average molecular weight is 157 g/mol. The van der Waals surface area contributed by atoms with Crippen LogP contribution in [0.15, 0.2) is 0 Å². The van der Waals surface area contributed by atoms with Gasteiger partial charge in [-0.1, -0.05) is 0 Å². The molecule has 1 heterocycles. The fraction of sp³-hybridized carbons (Fsp3) is 0.714. The summed E-state index contributed by atoms with van der Waals surface area (Å²) in [4.78, 5) is 11.1. The summed E-state index contributed by atoms with van der Waals surface area (Å²) < 4.78 is 4.80. The van der Waals surface area contributed by atoms with Crippen molar-refractivity contribution in [2.75, 3.05) is 26.2 Å². The molecule has 1 saturated heterocycles. The first-order valence-corrected chi connectivity index (χ1v) is 3.78. The number of hydrogen-bond acceptors (Lipinski definition) is 3. The van der Waals surface area contributed by atoms with Crippen LogP contribution in [0, 0.1) is 6.92 Å². The molecule has 11 heavy (non-hydrogen) atoms. The monoisotopic (exact) mass is 157 g/mol. The van der Waals surface area contributed by atoms with Gasteiger partial charge in [0.15, 0.2) is 0 Å². The zero-order chi connectivity index (χ0) is 8.27. The van der Waals surface area contributed by atoms with Gasteiger partial charge in [-0.2, -0.15) is 0 Å². The molecule has 1 rings (SSSR count). The van der Waals surface area contributed by atoms with Gasteiger partial charge in [-0.15, -0.1) is 0 Å². The van der Waals surface area contributed by atoms with Gasteiger partial charge >= 0.3 is 6.09 Å². The largest absolute Gasteiger partial charge is 0.449 e. The third kappa shape index (κ3) is 2.08. The molecule has 0 saturated carbocycles. The predicted octanol–water partition coefficient (Wildman–Crippen LogP) is 0.510. The first kappa shape index (κ1) is 8.33. The highest BCUT2D eigenvalue weighted by Gasteiger charge is 2.28. The van der Waals surface area contributed by atoms with E-state index in [4.69, 9.17) is 4.74 Å². The van der Waals surface area contributed by atoms with E-state index < -0.39 is 0 Å². The quantitative estimate of drug-likeness (QED) is 0.559. The summed E-state index contributed by atoms with van der Waals surface area (Å²) in [6, 6.07) is 0. The second kappa shape index (κ2) is 3.57. The van der Waals surface area contributed by atoms with E-state index in [9.17, 15) is 4.79 Å². The SMILES string of the molecule is [CH2]CN(C(=O)OCC)N1CC1. The van der Waals surface area contributed by atoms with Crippen LogP contribution in [0.2, 0.25) is 0 Å². The smallest absolute Gasteiger partial charge is 0.424 e. The van der Waals surface area contributed by atoms with Crippen molar-refractivity contribution in [3.05, 3.63) is 6.92 Å². The lowest BCUT2D eigenvalue weighted by Gasteiger charge is -2.19. The lowest BCUT2D eigenvalue weighted by molar-refractivity contribution is 0.0551. The van der Waals surface area contributed by atoms with Gasteiger partial charge in [0.25, 0.3) is 0 Å². The topological polar surface area (TPSA) is 32.6 Å². The summed E-state index contributed by atoms with van der Waals surface area (Å²) in [5, 5.41) is 3.41. The molecule has 0 aliphatic carbocycles. The highest BCUT2D eigenvalue weighted by Crippen LogP contribution is 2.10. The van der Waals surface area contributed by atoms with Crippen molar-refractivity contribution in [3.63, 3.8) is 0 Å². The van der Waals surface area contributed by atoms with Gasteiger partial charge in [0.2, 0.25) is 0 Å². The fourth-order valence-corrected chi connectivity index (χ4v) is 0.832. The van der Waals surface area contributed by atoms with Crippen LogP contribution in [0.25, 0.3) is 0 Å². The van der Waals surface area contributed by atoms with E-state index in [1.165, 1.54) is 5.01 Å². The average Bonchev–Trinajstić information content (AvgIpc) is 2.73. The summed E-state index contributed by atoms with van der Waals surface area (Å²) in [5.41, 5.74) is 0. The maximum atomic E-state index is 11.1. The molecule has 0 N–H and O–H groups in total. The Balaban J connectivity index is 2.33. The molecule has 0 aromatic carbocycles. The van der Waals surface area contributed by atoms with Crippen molar-refractivity contribution < 1.29 is 9.53 Å². The standard InChI is InChI=1S/C7H13N2O2/c1-3-9(8-5-6-8)7(10)11-4-2/h1,3-6H2,2H3. The third-order valence-corrected chi connectivity index (χ3v) is 1.46. The fourth-order valence-electron chi connectivity index (χ4n) is 0.832. The van der Waals surface area contributed by atoms with E-state index in [-0.39, 0.29) is 6.09 Å². The minimum absolute atomic E-state index is 0.292. The summed E-state index contributed by atoms with van der Waals surface area (Å²) in [6.45, 7) is 8.17. The Morgan fingerprint density at radius 2 is 2.36 bits per heavy atom. The van der Waals surface area contributed by atoms with E-state index in [0.717, 1.165) is 13.1 Å². The van der Waals surface area contributed by atoms with Gasteiger partial charge in [-0.25, -0.2) is 14.8 Å². The number of hydrazine groups is 1. The number of rotatable bonds is 3. The van der Waals surface area contributed by atoms with E-state index in [0.29, 0.717) is 13.2 Å². The molecule has 0 unspecified atom stereocenters. The maximum Gasteiger partial charge on any atom is 0.424 e. The third-order valence-electron chi connectivity index (χ3n) is 1.46. The van der Waals surface area contributed by atoms with Crippen LogP contribution in [0.1, 0.15) is 6.92 Å². The number of carbonyl (C=O) groups excluding carboxylic acids is 1. The number of carbonyl (C=O) groups is 1. The van der Waals surface area contributed by atoms with E-state index in [1.54, 1.807) is 6.92 Å². The summed E-state index contributed by atoms with van der Waals surface area (Å²) in [6.07, 6.45) is -0.292. The Morgan fingerprint density at radius 3 is 2.73 bits per heavy atom. The number of ether oxygens (including phenoxy) is 1. The van der Waals surface area contributed by atoms with Crippen LogP contribution in [0.5, 0.6) is 0 Å². The number of amides is 1. The minimum Gasteiger partial charge on any atom is -0.449 e. The van der Waals surface area contributed by atoms with Crippen molar-refractivity contribution in [2.45, 2.75) is 6.92 Å². The molecule has 4 nitrogen and oxygen atoms in total. The van der Waals surface area contributed by atoms with Gasteiger partial charge in [0.1, 0.15) is 0 Å². The van der Waals surface area contributed by atoms with Gasteiger partial charge in [-0.05, 0) is 13.8 Å². The zero-order valence-electron chi connectivity index (χ0n) is 6.75. The van der Waals surface area contributed by atoms with Crippen molar-refractivity contribution in [1.29, 1.82) is 0 Å². The molecule has 1 aliphatic heterocycles. The van der Waals surface area contributed by atoms with Crippen LogP contribution in [0.3, 0.4) is 0 Å². The zero-order valence-corrected chi connectivity index (χ0v) is 6.75. The Bertz CT molecular complexity index is 145. The highest BCUT2D eigenvalue weighted by atomic mass is 16.6. The highest BCUT2D eigenvalue weighted by molar-refractivity contribution is 5.67. The Labute approximate surface area is 66.7 Å². The lowest BCUT2D eigenvalue weighted by atomic mass is 10.7. The lowest BCUT2D eigenvalue weighted by Crippen LogP contribution is -2.36. The Hall–Kier alpha value is -0.770. The van der Waals surface area contributed by atoms with E-state index >= 15 is 0 Å². The molecule has 1 aliphatic rings. The molecule has 0 aromatic heterocycles. The molecular formula is C7H13N2O2. The van der Waals surface area contributed by atoms with Crippen molar-refractivity contribution >= 4 is 6.09 Å². The Morgan fingerprint density at radius 1 is 1.73 bits per heavy atom. The molecule has 1 radical (unpaired) electrons. The predicted molar refractivity (Wildman–Crippen MR) is 40.7 cm³/mol. The Kier molecular flexibility index (Phi) is 2.70. The molecule has 63 valence electrons. The first-order valence-electron chi connectivity index (χ1n) is 3.78. The number of hydrogen-bond donors (Lipinski definition) is 0. The first-order chi connectivity index (χ1) is 5.29. The molecule has 0 atom stereocenters. The summed E-state index contributed by atoms with van der Waals surface area (Å²) in [7, 11) is 0. The molecule has 0 spiro atoms. The molecule has 0 aromatic rings. The summed E-state index contributed by atoms with van der Waals surface area (Å²) in [5.74, 6) is 0. The number of nitrogens with zero attached hydrogens (tertiary/aromatic N) is 2. The van der Waals surface area contributed by atoms with Gasteiger partial charge in [0, 0.05) is 19.6 Å². The maximum absolute atomic E-state index is 11.1. The van der Waals surface area contributed by atoms with Gasteiger partial charge in [0.05, 0.1) is 6.61 Å². The normalized spacial score (nSPS) is 16.2. The molecular weight excluding hydrogens is 144 g/mol. The van der Waals surface area contributed by atoms with Crippen LogP contribution < -0.4 is 0 Å². The van der Waals surface area contributed by atoms with Crippen LogP contribution >= 0.6 is 0 Å². The molecule has 0 bridgehead atoms. The van der Waals surface area contributed by atoms with Crippen molar-refractivity contribution in [1.82, 2.24) is 10.0 Å².